The van der Waals surface area contributed by atoms with E-state index in [2.05, 4.69) is 19.2 Å². The number of amides is 2. The van der Waals surface area contributed by atoms with E-state index < -0.39 is 6.10 Å². The highest BCUT2D eigenvalue weighted by Crippen LogP contribution is 2.57. The molecule has 1 aliphatic heterocycles. The summed E-state index contributed by atoms with van der Waals surface area (Å²) in [6.45, 7) is 8.21. The predicted molar refractivity (Wildman–Crippen MR) is 121 cm³/mol. The van der Waals surface area contributed by atoms with E-state index in [1.165, 1.54) is 4.88 Å². The second-order valence-corrected chi connectivity index (χ2v) is 11.8. The number of thiazole rings is 1. The molecule has 3 fully saturated rings. The molecule has 2 heterocycles. The molecule has 0 bridgehead atoms. The van der Waals surface area contributed by atoms with Crippen LogP contribution in [0, 0.1) is 29.1 Å². The van der Waals surface area contributed by atoms with E-state index in [0.29, 0.717) is 5.13 Å². The normalized spacial score (nSPS) is 35.9. The highest BCUT2D eigenvalue weighted by atomic mass is 32.1. The lowest BCUT2D eigenvalue weighted by Crippen LogP contribution is -2.53. The summed E-state index contributed by atoms with van der Waals surface area (Å²) < 4.78 is 0. The third kappa shape index (κ3) is 3.71. The van der Waals surface area contributed by atoms with Gasteiger partial charge in [0.25, 0.3) is 0 Å². The van der Waals surface area contributed by atoms with Crippen molar-refractivity contribution in [2.45, 2.75) is 77.7 Å². The molecule has 2 saturated carbocycles. The van der Waals surface area contributed by atoms with Crippen LogP contribution in [0.3, 0.4) is 0 Å². The van der Waals surface area contributed by atoms with Gasteiger partial charge in [0.15, 0.2) is 5.13 Å². The monoisotopic (exact) mass is 445 g/mol. The largest absolute Gasteiger partial charge is 0.392 e. The topological polar surface area (TPSA) is 82.5 Å². The molecule has 31 heavy (non-hydrogen) atoms. The van der Waals surface area contributed by atoms with Gasteiger partial charge >= 0.3 is 0 Å². The van der Waals surface area contributed by atoms with Gasteiger partial charge < -0.3 is 15.3 Å². The lowest BCUT2D eigenvalue weighted by atomic mass is 9.53. The molecule has 2 N–H and O–H groups in total. The Morgan fingerprint density at radius 2 is 1.97 bits per heavy atom. The molecular formula is C24H35N3O3S. The molecule has 1 aromatic heterocycles. The lowest BCUT2D eigenvalue weighted by molar-refractivity contribution is -0.143. The van der Waals surface area contributed by atoms with Gasteiger partial charge in [0.1, 0.15) is 0 Å². The van der Waals surface area contributed by atoms with Crippen molar-refractivity contribution in [1.82, 2.24) is 9.88 Å². The van der Waals surface area contributed by atoms with Gasteiger partial charge in [-0.2, -0.15) is 0 Å². The Bertz CT molecular complexity index is 875. The van der Waals surface area contributed by atoms with Crippen molar-refractivity contribution in [2.24, 2.45) is 29.1 Å². The van der Waals surface area contributed by atoms with Gasteiger partial charge in [-0.3, -0.25) is 9.59 Å². The average Bonchev–Trinajstić information content (AvgIpc) is 3.29. The first-order valence-electron chi connectivity index (χ1n) is 12.1. The average molecular weight is 446 g/mol. The van der Waals surface area contributed by atoms with Gasteiger partial charge in [-0.25, -0.2) is 4.98 Å². The van der Waals surface area contributed by atoms with Crippen LogP contribution in [-0.2, 0) is 16.0 Å². The number of anilines is 1. The quantitative estimate of drug-likeness (QED) is 0.738. The van der Waals surface area contributed by atoms with Crippen molar-refractivity contribution in [3.8, 4) is 0 Å². The minimum absolute atomic E-state index is 0.00264. The summed E-state index contributed by atoms with van der Waals surface area (Å²) >= 11 is 1.61. The van der Waals surface area contributed by atoms with Crippen LogP contribution >= 0.6 is 11.3 Å². The fourth-order valence-electron chi connectivity index (χ4n) is 6.56. The summed E-state index contributed by atoms with van der Waals surface area (Å²) in [6, 6.07) is 0. The smallest absolute Gasteiger partial charge is 0.229 e. The maximum atomic E-state index is 13.0. The molecule has 5 rings (SSSR count). The van der Waals surface area contributed by atoms with Crippen molar-refractivity contribution in [2.75, 3.05) is 18.4 Å². The molecule has 4 aliphatic rings. The summed E-state index contributed by atoms with van der Waals surface area (Å²) in [5, 5.41) is 15.3. The number of aliphatic hydroxyl groups is 1. The Kier molecular flexibility index (Phi) is 5.40. The van der Waals surface area contributed by atoms with Crippen LogP contribution in [0.15, 0.2) is 0 Å². The molecule has 7 heteroatoms. The van der Waals surface area contributed by atoms with E-state index in [1.807, 2.05) is 11.8 Å². The third-order valence-corrected chi connectivity index (χ3v) is 9.54. The van der Waals surface area contributed by atoms with Crippen molar-refractivity contribution in [3.05, 3.63) is 10.6 Å². The molecule has 2 amide bonds. The maximum absolute atomic E-state index is 13.0. The minimum atomic E-state index is -0.505. The summed E-state index contributed by atoms with van der Waals surface area (Å²) in [6.07, 6.45) is 6.45. The van der Waals surface area contributed by atoms with Crippen LogP contribution in [0.4, 0.5) is 5.13 Å². The molecule has 0 unspecified atom stereocenters. The Hall–Kier alpha value is -1.47. The minimum Gasteiger partial charge on any atom is -0.392 e. The number of fused-ring (bicyclic) bond motifs is 2. The molecule has 0 spiro atoms. The Morgan fingerprint density at radius 3 is 2.65 bits per heavy atom. The summed E-state index contributed by atoms with van der Waals surface area (Å²) in [5.41, 5.74) is 1.04. The zero-order chi connectivity index (χ0) is 21.9. The molecule has 170 valence electrons. The summed E-state index contributed by atoms with van der Waals surface area (Å²) in [4.78, 5) is 33.3. The van der Waals surface area contributed by atoms with Gasteiger partial charge in [0.05, 0.1) is 11.8 Å². The fraction of sp³-hybridized carbons (Fsp3) is 0.792. The van der Waals surface area contributed by atoms with Gasteiger partial charge in [-0.1, -0.05) is 20.8 Å². The van der Waals surface area contributed by atoms with Crippen LogP contribution in [0.25, 0.3) is 0 Å². The van der Waals surface area contributed by atoms with Gasteiger partial charge in [-0.15, -0.1) is 11.3 Å². The first-order valence-corrected chi connectivity index (χ1v) is 12.9. The van der Waals surface area contributed by atoms with E-state index in [1.54, 1.807) is 11.3 Å². The summed E-state index contributed by atoms with van der Waals surface area (Å²) in [5.74, 6) is 0.531. The van der Waals surface area contributed by atoms with Gasteiger partial charge in [-0.05, 0) is 62.2 Å². The first-order chi connectivity index (χ1) is 14.8. The van der Waals surface area contributed by atoms with Gasteiger partial charge in [0, 0.05) is 35.7 Å². The number of rotatable bonds is 4. The number of hydrogen-bond donors (Lipinski definition) is 2. The van der Waals surface area contributed by atoms with Crippen molar-refractivity contribution < 1.29 is 14.7 Å². The standard InChI is InChI=1S/C24H35N3O3S/c1-13(22(30)27-10-4-5-11-27)16-8-9-24(3)12-17-19(14(2)18(24)20(16)28)25-23(31-17)26-21(29)15-6-7-15/h13-16,18,20,28H,4-12H2,1-3H3,(H,25,26,29)/t13-,14-,16-,18+,20-,24-/m0/s1. The van der Waals surface area contributed by atoms with Crippen LogP contribution in [0.1, 0.15) is 75.8 Å². The number of carbonyl (C=O) groups excluding carboxylic acids is 2. The predicted octanol–water partition coefficient (Wildman–Crippen LogP) is 3.80. The molecular weight excluding hydrogens is 410 g/mol. The van der Waals surface area contributed by atoms with Crippen molar-refractivity contribution in [1.29, 1.82) is 0 Å². The first kappa shape index (κ1) is 21.4. The molecule has 1 saturated heterocycles. The van der Waals surface area contributed by atoms with Gasteiger partial charge in [0.2, 0.25) is 11.8 Å². The number of hydrogen-bond acceptors (Lipinski definition) is 5. The second kappa shape index (κ2) is 7.84. The Labute approximate surface area is 188 Å². The zero-order valence-electron chi connectivity index (χ0n) is 18.9. The second-order valence-electron chi connectivity index (χ2n) is 10.8. The highest BCUT2D eigenvalue weighted by Gasteiger charge is 2.54. The summed E-state index contributed by atoms with van der Waals surface area (Å²) in [7, 11) is 0. The van der Waals surface area contributed by atoms with Crippen LogP contribution in [0.2, 0.25) is 0 Å². The van der Waals surface area contributed by atoms with E-state index in [4.69, 9.17) is 4.98 Å². The Balaban J connectivity index is 1.36. The maximum Gasteiger partial charge on any atom is 0.229 e. The van der Waals surface area contributed by atoms with E-state index >= 15 is 0 Å². The number of aromatic nitrogens is 1. The van der Waals surface area contributed by atoms with Crippen molar-refractivity contribution >= 4 is 28.3 Å². The SMILES string of the molecule is C[C@H](C(=O)N1CCCC1)[C@@H]1CC[C@@]2(C)Cc3sc(NC(=O)C4CC4)nc3[C@@H](C)[C@@H]2[C@H]1O. The number of nitrogens with one attached hydrogen (secondary N) is 1. The van der Waals surface area contributed by atoms with Crippen LogP contribution in [-0.4, -0.2) is 46.0 Å². The molecule has 6 nitrogen and oxygen atoms in total. The van der Waals surface area contributed by atoms with Crippen LogP contribution < -0.4 is 5.32 Å². The number of carbonyl (C=O) groups is 2. The van der Waals surface area contributed by atoms with E-state index in [0.717, 1.165) is 63.7 Å². The zero-order valence-corrected chi connectivity index (χ0v) is 19.7. The molecule has 3 aliphatic carbocycles. The highest BCUT2D eigenvalue weighted by molar-refractivity contribution is 7.15. The fourth-order valence-corrected chi connectivity index (χ4v) is 7.83. The van der Waals surface area contributed by atoms with E-state index in [-0.39, 0.29) is 46.8 Å². The molecule has 6 atom stereocenters. The number of likely N-dealkylation sites (tertiary alicyclic amines) is 1. The Morgan fingerprint density at radius 1 is 1.26 bits per heavy atom. The van der Waals surface area contributed by atoms with E-state index in [9.17, 15) is 14.7 Å². The van der Waals surface area contributed by atoms with Crippen LogP contribution in [0.5, 0.6) is 0 Å². The number of nitrogens with zero attached hydrogens (tertiary/aromatic N) is 2. The molecule has 0 aromatic carbocycles. The van der Waals surface area contributed by atoms with Crippen molar-refractivity contribution in [3.63, 3.8) is 0 Å². The third-order valence-electron chi connectivity index (χ3n) is 8.55. The molecule has 1 aromatic rings. The number of aliphatic hydroxyl groups excluding tert-OH is 1. The lowest BCUT2D eigenvalue weighted by Gasteiger charge is -2.53. The molecule has 0 radical (unpaired) electrons.